The molecule has 0 aliphatic heterocycles. The van der Waals surface area contributed by atoms with Crippen molar-refractivity contribution in [3.8, 4) is 33.4 Å². The maximum atomic E-state index is 9.27. The van der Waals surface area contributed by atoms with Crippen molar-refractivity contribution in [2.75, 3.05) is 0 Å². The van der Waals surface area contributed by atoms with E-state index in [0.29, 0.717) is 11.1 Å². The molecule has 0 atom stereocenters. The van der Waals surface area contributed by atoms with E-state index in [9.17, 15) is 5.48 Å². The SMILES string of the molecule is [2H]c1c([2H])c([2H])c(-c2c3c([2H])c([2H])c([2H])c([2H])c3c(-c3ccc(-c4cc5ccccc5c5oc6c7ccccc7ccc6c45)cc3)c3c([2H])c([2H])c([2H])c([2H])c23)c([2H])c1[2H]. The Balaban J connectivity index is 1.33. The third-order valence-corrected chi connectivity index (χ3v) is 8.96. The number of benzene rings is 9. The van der Waals surface area contributed by atoms with E-state index in [0.717, 1.165) is 49.0 Å². The van der Waals surface area contributed by atoms with Crippen molar-refractivity contribution in [1.29, 1.82) is 0 Å². The molecule has 1 nitrogen and oxygen atoms in total. The fraction of sp³-hybridized carbons (Fsp3) is 0. The first-order valence-electron chi connectivity index (χ1n) is 21.6. The van der Waals surface area contributed by atoms with Crippen LogP contribution in [-0.4, -0.2) is 0 Å². The molecular weight excluding hydrogens is 569 g/mol. The summed E-state index contributed by atoms with van der Waals surface area (Å²) < 4.78 is 121. The highest BCUT2D eigenvalue weighted by Gasteiger charge is 2.19. The Morgan fingerprint density at radius 3 is 1.57 bits per heavy atom. The van der Waals surface area contributed by atoms with Crippen LogP contribution in [0.2, 0.25) is 0 Å². The second-order valence-electron chi connectivity index (χ2n) is 11.4. The minimum Gasteiger partial charge on any atom is -0.455 e. The lowest BCUT2D eigenvalue weighted by Crippen LogP contribution is -1.91. The van der Waals surface area contributed by atoms with Crippen LogP contribution in [-0.2, 0) is 0 Å². The van der Waals surface area contributed by atoms with Crippen LogP contribution in [0.25, 0.3) is 98.4 Å². The molecule has 0 N–H and O–H groups in total. The Bertz CT molecular complexity index is 3460. The Morgan fingerprint density at radius 1 is 0.383 bits per heavy atom. The summed E-state index contributed by atoms with van der Waals surface area (Å²) in [6.45, 7) is 0. The molecule has 0 spiro atoms. The normalized spacial score (nSPS) is 15.7. The first-order valence-corrected chi connectivity index (χ1v) is 15.1. The summed E-state index contributed by atoms with van der Waals surface area (Å²) in [7, 11) is 0. The maximum absolute atomic E-state index is 9.27. The average molecular weight is 610 g/mol. The third-order valence-electron chi connectivity index (χ3n) is 8.96. The van der Waals surface area contributed by atoms with Gasteiger partial charge in [0.05, 0.1) is 17.8 Å². The molecule has 10 rings (SSSR count). The van der Waals surface area contributed by atoms with Crippen LogP contribution in [0.5, 0.6) is 0 Å². The molecule has 0 amide bonds. The molecule has 218 valence electrons. The summed E-state index contributed by atoms with van der Waals surface area (Å²) >= 11 is 0. The largest absolute Gasteiger partial charge is 0.455 e. The second kappa shape index (κ2) is 10.2. The fourth-order valence-electron chi connectivity index (χ4n) is 6.92. The second-order valence-corrected chi connectivity index (χ2v) is 11.4. The van der Waals surface area contributed by atoms with Gasteiger partial charge in [0.15, 0.2) is 0 Å². The molecule has 0 bridgehead atoms. The predicted molar refractivity (Wildman–Crippen MR) is 200 cm³/mol. The van der Waals surface area contributed by atoms with E-state index < -0.39 is 84.1 Å². The van der Waals surface area contributed by atoms with E-state index in [4.69, 9.17) is 16.8 Å². The van der Waals surface area contributed by atoms with E-state index in [1.54, 1.807) is 12.1 Å². The van der Waals surface area contributed by atoms with Crippen molar-refractivity contribution in [3.63, 3.8) is 0 Å². The van der Waals surface area contributed by atoms with Gasteiger partial charge in [0.2, 0.25) is 0 Å². The van der Waals surface area contributed by atoms with Gasteiger partial charge in [0.25, 0.3) is 0 Å². The van der Waals surface area contributed by atoms with Gasteiger partial charge in [0.1, 0.15) is 11.2 Å². The quantitative estimate of drug-likeness (QED) is 0.182. The van der Waals surface area contributed by atoms with Crippen LogP contribution in [0, 0.1) is 0 Å². The summed E-state index contributed by atoms with van der Waals surface area (Å²) in [4.78, 5) is 0. The molecule has 0 aliphatic carbocycles. The highest BCUT2D eigenvalue weighted by atomic mass is 16.3. The molecule has 0 saturated heterocycles. The molecule has 9 aromatic carbocycles. The van der Waals surface area contributed by atoms with Gasteiger partial charge in [-0.2, -0.15) is 0 Å². The third kappa shape index (κ3) is 3.90. The maximum Gasteiger partial charge on any atom is 0.143 e. The van der Waals surface area contributed by atoms with Crippen LogP contribution in [0.15, 0.2) is 174 Å². The average Bonchev–Trinajstić information content (AvgIpc) is 3.67. The smallest absolute Gasteiger partial charge is 0.143 e. The number of rotatable bonds is 3. The fourth-order valence-corrected chi connectivity index (χ4v) is 6.92. The summed E-state index contributed by atoms with van der Waals surface area (Å²) in [5.41, 5.74) is 2.77. The highest BCUT2D eigenvalue weighted by Crippen LogP contribution is 2.46. The Kier molecular flexibility index (Phi) is 3.55. The molecule has 0 unspecified atom stereocenters. The van der Waals surface area contributed by atoms with E-state index in [1.165, 1.54) is 0 Å². The van der Waals surface area contributed by atoms with Crippen LogP contribution in [0.3, 0.4) is 0 Å². The molecule has 0 fully saturated rings. The Hall–Kier alpha value is -6.18. The van der Waals surface area contributed by atoms with E-state index in [1.807, 2.05) is 66.7 Å². The van der Waals surface area contributed by atoms with E-state index >= 15 is 0 Å². The number of fused-ring (bicyclic) bond motifs is 9. The zero-order valence-electron chi connectivity index (χ0n) is 37.6. The van der Waals surface area contributed by atoms with Crippen molar-refractivity contribution in [2.45, 2.75) is 0 Å². The summed E-state index contributed by atoms with van der Waals surface area (Å²) in [6.07, 6.45) is 0. The van der Waals surface area contributed by atoms with Gasteiger partial charge in [-0.25, -0.2) is 0 Å². The minimum absolute atomic E-state index is 0.0746. The van der Waals surface area contributed by atoms with Gasteiger partial charge in [0, 0.05) is 21.5 Å². The molecule has 0 saturated carbocycles. The van der Waals surface area contributed by atoms with Crippen LogP contribution in [0.1, 0.15) is 17.8 Å². The molecule has 10 aromatic rings. The van der Waals surface area contributed by atoms with Crippen molar-refractivity contribution < 1.29 is 22.2 Å². The van der Waals surface area contributed by atoms with E-state index in [-0.39, 0.29) is 32.7 Å². The molecule has 0 radical (unpaired) electrons. The summed E-state index contributed by atoms with van der Waals surface area (Å²) in [5, 5.41) is 4.94. The van der Waals surface area contributed by atoms with Gasteiger partial charge in [-0.05, 0) is 77.8 Å². The zero-order chi connectivity index (χ0) is 42.2. The molecule has 1 heterocycles. The topological polar surface area (TPSA) is 13.1 Å². The molecular formula is C46H28O. The standard InChI is InChI=1S/C46H28O/c1-2-13-31(14-3-1)42-36-18-8-10-20-38(36)43(39-21-11-9-19-37(39)42)32-24-22-30(23-25-32)41-28-33-15-5-7-17-35(33)46-44(41)40-27-26-29-12-4-6-16-34(29)45(40)47-46/h1-28H/i1D,2D,3D,8D,9D,10D,11D,13D,14D,18D,19D,20D,21D. The van der Waals surface area contributed by atoms with Gasteiger partial charge >= 0.3 is 0 Å². The monoisotopic (exact) mass is 609 g/mol. The Labute approximate surface area is 290 Å². The molecule has 0 aliphatic rings. The molecule has 47 heavy (non-hydrogen) atoms. The van der Waals surface area contributed by atoms with Crippen molar-refractivity contribution in [1.82, 2.24) is 0 Å². The number of hydrogen-bond acceptors (Lipinski definition) is 1. The van der Waals surface area contributed by atoms with Crippen LogP contribution in [0.4, 0.5) is 0 Å². The number of hydrogen-bond donors (Lipinski definition) is 0. The predicted octanol–water partition coefficient (Wildman–Crippen LogP) is 13.2. The van der Waals surface area contributed by atoms with Crippen molar-refractivity contribution >= 4 is 65.0 Å². The van der Waals surface area contributed by atoms with Gasteiger partial charge in [-0.1, -0.05) is 157 Å². The first-order chi connectivity index (χ1) is 28.7. The van der Waals surface area contributed by atoms with Gasteiger partial charge < -0.3 is 4.42 Å². The summed E-state index contributed by atoms with van der Waals surface area (Å²) in [5.74, 6) is 0. The number of furan rings is 1. The molecule has 1 aromatic heterocycles. The molecule has 1 heteroatoms. The highest BCUT2D eigenvalue weighted by molar-refractivity contribution is 6.25. The van der Waals surface area contributed by atoms with Crippen molar-refractivity contribution in [3.05, 3.63) is 170 Å². The van der Waals surface area contributed by atoms with Gasteiger partial charge in [-0.3, -0.25) is 0 Å². The minimum atomic E-state index is -0.713. The lowest BCUT2D eigenvalue weighted by molar-refractivity contribution is 0.676. The lowest BCUT2D eigenvalue weighted by Gasteiger charge is -2.18. The van der Waals surface area contributed by atoms with Crippen molar-refractivity contribution in [2.24, 2.45) is 0 Å². The van der Waals surface area contributed by atoms with E-state index in [2.05, 4.69) is 12.1 Å². The van der Waals surface area contributed by atoms with Gasteiger partial charge in [-0.15, -0.1) is 0 Å². The summed E-state index contributed by atoms with van der Waals surface area (Å²) in [6, 6.07) is 21.0. The van der Waals surface area contributed by atoms with Crippen LogP contribution < -0.4 is 0 Å². The van der Waals surface area contributed by atoms with Crippen LogP contribution >= 0.6 is 0 Å². The Morgan fingerprint density at radius 2 is 0.915 bits per heavy atom. The zero-order valence-corrected chi connectivity index (χ0v) is 24.6. The lowest BCUT2D eigenvalue weighted by atomic mass is 9.85. The first kappa shape index (κ1) is 16.4.